The number of hydrazine groups is 2. The molecule has 2 atom stereocenters. The molecule has 5 aromatic carbocycles. The highest BCUT2D eigenvalue weighted by molar-refractivity contribution is 9.11. The molecule has 440 valence electrons. The summed E-state index contributed by atoms with van der Waals surface area (Å²) in [6.45, 7) is 13.4. The lowest BCUT2D eigenvalue weighted by molar-refractivity contribution is -0.138. The zero-order valence-electron chi connectivity index (χ0n) is 46.9. The summed E-state index contributed by atoms with van der Waals surface area (Å²) in [6.07, 6.45) is 1.28. The molecule has 4 saturated heterocycles. The van der Waals surface area contributed by atoms with E-state index in [0.29, 0.717) is 99.9 Å². The first kappa shape index (κ1) is 61.4. The molecular weight excluding hydrogens is 1180 g/mol. The van der Waals surface area contributed by atoms with Crippen LogP contribution in [0.3, 0.4) is 0 Å². The fraction of sp³-hybridized carbons (Fsp3) is 0.443. The van der Waals surface area contributed by atoms with Crippen molar-refractivity contribution in [2.75, 3.05) is 94.4 Å². The van der Waals surface area contributed by atoms with E-state index in [1.807, 2.05) is 94.9 Å². The summed E-state index contributed by atoms with van der Waals surface area (Å²) in [5, 5.41) is 23.3. The van der Waals surface area contributed by atoms with Crippen molar-refractivity contribution in [1.29, 1.82) is 0 Å². The molecule has 5 N–H and O–H groups in total. The summed E-state index contributed by atoms with van der Waals surface area (Å²) in [6, 6.07) is 34.6. The van der Waals surface area contributed by atoms with E-state index in [2.05, 4.69) is 52.3 Å². The number of nitrogen functional groups attached to an aromatic ring is 1. The van der Waals surface area contributed by atoms with Gasteiger partial charge in [-0.1, -0.05) is 60.7 Å². The molecule has 0 unspecified atom stereocenters. The van der Waals surface area contributed by atoms with E-state index >= 15 is 0 Å². The minimum atomic E-state index is -1.16. The van der Waals surface area contributed by atoms with Gasteiger partial charge in [-0.25, -0.2) is 18.4 Å². The number of ether oxygens (including phenoxy) is 2. The van der Waals surface area contributed by atoms with E-state index in [9.17, 15) is 33.1 Å². The Morgan fingerprint density at radius 3 is 1.54 bits per heavy atom. The molecule has 0 aliphatic carbocycles. The van der Waals surface area contributed by atoms with Crippen molar-refractivity contribution in [3.05, 3.63) is 147 Å². The normalized spacial score (nSPS) is 17.2. The zero-order chi connectivity index (χ0) is 58.3. The fourth-order valence-electron chi connectivity index (χ4n) is 10.6. The summed E-state index contributed by atoms with van der Waals surface area (Å²) < 4.78 is 40.4. The topological polar surface area (TPSA) is 180 Å². The Labute approximate surface area is 496 Å². The van der Waals surface area contributed by atoms with Gasteiger partial charge in [0.2, 0.25) is 0 Å². The van der Waals surface area contributed by atoms with Crippen molar-refractivity contribution < 1.29 is 42.5 Å². The molecule has 5 aromatic rings. The predicted octanol–water partition coefficient (Wildman–Crippen LogP) is 10.8. The van der Waals surface area contributed by atoms with E-state index in [0.717, 1.165) is 71.4 Å². The average molecular weight is 1260 g/mol. The number of anilines is 3. The first-order valence-corrected chi connectivity index (χ1v) is 29.8. The quantitative estimate of drug-likeness (QED) is 0.0611. The Morgan fingerprint density at radius 1 is 0.634 bits per heavy atom. The van der Waals surface area contributed by atoms with Crippen molar-refractivity contribution in [2.45, 2.75) is 95.8 Å². The zero-order valence-corrected chi connectivity index (χ0v) is 50.1. The summed E-state index contributed by atoms with van der Waals surface area (Å²) >= 11 is 7.20. The number of hydrogen-bond acceptors (Lipinski definition) is 11. The molecule has 82 heavy (non-hydrogen) atoms. The Balaban J connectivity index is 0.000000216. The van der Waals surface area contributed by atoms with Gasteiger partial charge in [0, 0.05) is 92.2 Å². The number of urea groups is 1. The van der Waals surface area contributed by atoms with Crippen LogP contribution in [-0.2, 0) is 16.1 Å². The smallest absolute Gasteiger partial charge is 0.408 e. The summed E-state index contributed by atoms with van der Waals surface area (Å²) in [4.78, 5) is 59.5. The van der Waals surface area contributed by atoms with Crippen LogP contribution in [0.25, 0.3) is 0 Å². The highest BCUT2D eigenvalue weighted by Crippen LogP contribution is 2.37. The molecule has 5 amide bonds. The van der Waals surface area contributed by atoms with Crippen LogP contribution >= 0.6 is 31.9 Å². The number of hydrogen-bond donors (Lipinski definition) is 4. The number of nitrogens with one attached hydrogen (secondary N) is 2. The number of para-hydroxylation sites is 2. The maximum Gasteiger partial charge on any atom is 0.408 e. The van der Waals surface area contributed by atoms with Gasteiger partial charge in [-0.05, 0) is 169 Å². The molecule has 4 heterocycles. The van der Waals surface area contributed by atoms with Crippen molar-refractivity contribution in [2.24, 2.45) is 0 Å². The molecule has 0 saturated carbocycles. The van der Waals surface area contributed by atoms with Gasteiger partial charge in [-0.3, -0.25) is 44.3 Å². The number of carbonyl (C=O) groups is 4. The number of likely N-dealkylation sites (tertiary alicyclic amines) is 2. The largest absolute Gasteiger partial charge is 0.492 e. The van der Waals surface area contributed by atoms with Gasteiger partial charge in [0.15, 0.2) is 0 Å². The number of halogens is 4. The van der Waals surface area contributed by atoms with Crippen molar-refractivity contribution >= 4 is 72.9 Å². The standard InChI is InChI=1S/C32H38BrFN6O3.C29H38BrFN4O4/c33-28-4-1-2-5-29(28)39-16-3-17-40(39)31(41)30(37-32(42)36-22-23-6-10-26(35)11-7-23)24-8-12-27(13-9-24)43-21-20-38-18-14-25(34)15-19-38;1-29(2,3)35(28(37)38)26(27(36)34-16-6-15-33(34)25-8-5-4-7-24(25)30)21-9-11-23(12-10-21)39-20-19-32-17-13-22(31)14-18-32/h1-2,4-13,25,30H,3,14-22,35H2,(H2,36,37,42);4-5,7-12,22,26H,6,13-20H2,1-3H3,(H,37,38)/t30-;26-/m00/s1. The van der Waals surface area contributed by atoms with Gasteiger partial charge in [0.25, 0.3) is 11.8 Å². The predicted molar refractivity (Wildman–Crippen MR) is 322 cm³/mol. The molecule has 0 radical (unpaired) electrons. The van der Waals surface area contributed by atoms with Crippen LogP contribution < -0.4 is 35.9 Å². The molecule has 0 aromatic heterocycles. The number of piperidine rings is 2. The number of nitrogens with zero attached hydrogens (tertiary/aromatic N) is 7. The number of rotatable bonds is 18. The van der Waals surface area contributed by atoms with Crippen LogP contribution in [0, 0.1) is 0 Å². The Hall–Kier alpha value is -6.68. The number of carbonyl (C=O) groups excluding carboxylic acids is 3. The lowest BCUT2D eigenvalue weighted by Crippen LogP contribution is -2.54. The van der Waals surface area contributed by atoms with Crippen molar-refractivity contribution in [3.63, 3.8) is 0 Å². The van der Waals surface area contributed by atoms with E-state index in [1.54, 1.807) is 67.2 Å². The summed E-state index contributed by atoms with van der Waals surface area (Å²) in [5.74, 6) is 0.768. The van der Waals surface area contributed by atoms with Gasteiger partial charge < -0.3 is 30.9 Å². The van der Waals surface area contributed by atoms with Crippen molar-refractivity contribution in [3.8, 4) is 11.5 Å². The monoisotopic (exact) mass is 1260 g/mol. The average Bonchev–Trinajstić information content (AvgIpc) is 4.30. The molecule has 0 bridgehead atoms. The SMILES string of the molecule is CC(C)(C)N(C(=O)O)[C@H](C(=O)N1CCCN1c1ccccc1Br)c1ccc(OCCN2CCC(F)CC2)cc1.Nc1ccc(CNC(=O)N[C@H](C(=O)N2CCCN2c2ccccc2Br)c2ccc(OCCN3CCC(F)CC3)cc2)cc1. The number of alkyl halides is 2. The van der Waals surface area contributed by atoms with E-state index in [4.69, 9.17) is 15.2 Å². The van der Waals surface area contributed by atoms with E-state index < -0.39 is 42.1 Å². The van der Waals surface area contributed by atoms with Crippen LogP contribution in [0.15, 0.2) is 130 Å². The number of carboxylic acid groups (broad SMARTS) is 1. The highest BCUT2D eigenvalue weighted by Gasteiger charge is 2.43. The van der Waals surface area contributed by atoms with Gasteiger partial charge in [-0.15, -0.1) is 0 Å². The van der Waals surface area contributed by atoms with Crippen LogP contribution in [0.1, 0.15) is 88.1 Å². The maximum absolute atomic E-state index is 14.2. The third-order valence-electron chi connectivity index (χ3n) is 15.0. The Morgan fingerprint density at radius 2 is 1.09 bits per heavy atom. The van der Waals surface area contributed by atoms with Crippen molar-refractivity contribution in [1.82, 2.24) is 35.4 Å². The van der Waals surface area contributed by atoms with Gasteiger partial charge in [0.1, 0.15) is 49.1 Å². The first-order chi connectivity index (χ1) is 39.4. The minimum absolute atomic E-state index is 0.235. The molecule has 9 rings (SSSR count). The molecule has 17 nitrogen and oxygen atoms in total. The molecule has 4 aliphatic heterocycles. The lowest BCUT2D eigenvalue weighted by atomic mass is 9.97. The second-order valence-corrected chi connectivity index (χ2v) is 23.6. The van der Waals surface area contributed by atoms with E-state index in [1.165, 1.54) is 4.90 Å². The van der Waals surface area contributed by atoms with Crippen LogP contribution in [0.4, 0.5) is 35.4 Å². The fourth-order valence-corrected chi connectivity index (χ4v) is 11.6. The van der Waals surface area contributed by atoms with E-state index in [-0.39, 0.29) is 18.4 Å². The third kappa shape index (κ3) is 16.5. The molecular formula is C61H76Br2F2N10O7. The second-order valence-electron chi connectivity index (χ2n) is 21.9. The third-order valence-corrected chi connectivity index (χ3v) is 16.3. The summed E-state index contributed by atoms with van der Waals surface area (Å²) in [7, 11) is 0. The first-order valence-electron chi connectivity index (χ1n) is 28.2. The van der Waals surface area contributed by atoms with Crippen LogP contribution in [0.5, 0.6) is 11.5 Å². The van der Waals surface area contributed by atoms with Crippen LogP contribution in [0.2, 0.25) is 0 Å². The Bertz CT molecular complexity index is 2890. The number of nitrogens with two attached hydrogens (primary N) is 1. The highest BCUT2D eigenvalue weighted by atomic mass is 79.9. The molecule has 21 heteroatoms. The van der Waals surface area contributed by atoms with Gasteiger partial charge in [0.05, 0.1) is 11.4 Å². The Kier molecular flexibility index (Phi) is 21.7. The second kappa shape index (κ2) is 29.0. The molecule has 0 spiro atoms. The van der Waals surface area contributed by atoms with Crippen LogP contribution in [-0.4, -0.2) is 150 Å². The molecule has 4 aliphatic rings. The summed E-state index contributed by atoms with van der Waals surface area (Å²) in [5.41, 5.74) is 9.45. The number of benzene rings is 5. The lowest BCUT2D eigenvalue weighted by Gasteiger charge is -2.42. The van der Waals surface area contributed by atoms with Gasteiger partial charge >= 0.3 is 12.1 Å². The molecule has 4 fully saturated rings. The minimum Gasteiger partial charge on any atom is -0.492 e. The maximum atomic E-state index is 14.2. The number of amides is 5. The van der Waals surface area contributed by atoms with Gasteiger partial charge in [-0.2, -0.15) is 0 Å².